The van der Waals surface area contributed by atoms with Gasteiger partial charge in [-0.3, -0.25) is 4.79 Å². The monoisotopic (exact) mass is 408 g/mol. The predicted molar refractivity (Wildman–Crippen MR) is 116 cm³/mol. The molecule has 0 aliphatic rings. The van der Waals surface area contributed by atoms with E-state index in [9.17, 15) is 4.79 Å². The Hall–Kier alpha value is -2.05. The van der Waals surface area contributed by atoms with Crippen LogP contribution in [0, 0.1) is 11.8 Å². The molecule has 0 bridgehead atoms. The highest BCUT2D eigenvalue weighted by molar-refractivity contribution is 5.94. The summed E-state index contributed by atoms with van der Waals surface area (Å²) in [5, 5.41) is 4.51. The van der Waals surface area contributed by atoms with Crippen molar-refractivity contribution in [2.24, 2.45) is 17.6 Å². The minimum absolute atomic E-state index is 0. The lowest BCUT2D eigenvalue weighted by atomic mass is 10.0. The summed E-state index contributed by atoms with van der Waals surface area (Å²) in [7, 11) is 1.78. The van der Waals surface area contributed by atoms with Gasteiger partial charge >= 0.3 is 0 Å². The van der Waals surface area contributed by atoms with Gasteiger partial charge in [0.25, 0.3) is 5.91 Å². The van der Waals surface area contributed by atoms with Crippen LogP contribution in [0.1, 0.15) is 44.6 Å². The Balaban J connectivity index is 0.00000392. The first-order chi connectivity index (χ1) is 12.8. The van der Waals surface area contributed by atoms with Crippen LogP contribution in [0.4, 0.5) is 0 Å². The van der Waals surface area contributed by atoms with Crippen molar-refractivity contribution >= 4 is 18.3 Å². The van der Waals surface area contributed by atoms with Gasteiger partial charge in [-0.05, 0) is 30.4 Å². The first kappa shape index (κ1) is 24.0. The maximum absolute atomic E-state index is 13.0. The number of carbonyl (C=O) groups excluding carboxylic acids is 1. The largest absolute Gasteiger partial charge is 0.489 e. The minimum atomic E-state index is -0.153. The van der Waals surface area contributed by atoms with E-state index in [1.54, 1.807) is 22.8 Å². The highest BCUT2D eigenvalue weighted by Crippen LogP contribution is 2.22. The number of rotatable bonds is 9. The number of ether oxygens (including phenoxy) is 1. The quantitative estimate of drug-likeness (QED) is 0.685. The Bertz CT molecular complexity index is 731. The number of nitrogens with zero attached hydrogens (tertiary/aromatic N) is 3. The Kier molecular flexibility index (Phi) is 9.49. The fraction of sp³-hybridized carbons (Fsp3) is 0.524. The van der Waals surface area contributed by atoms with Gasteiger partial charge in [0.1, 0.15) is 0 Å². The topological polar surface area (TPSA) is 73.4 Å². The number of halogens is 1. The lowest BCUT2D eigenvalue weighted by Crippen LogP contribution is -2.35. The Labute approximate surface area is 174 Å². The molecule has 0 saturated carbocycles. The molecule has 0 spiro atoms. The first-order valence-corrected chi connectivity index (χ1v) is 9.58. The zero-order valence-electron chi connectivity index (χ0n) is 17.5. The van der Waals surface area contributed by atoms with Crippen LogP contribution >= 0.6 is 12.4 Å². The molecular formula is C21H33ClN4O2. The number of benzene rings is 1. The molecule has 1 heterocycles. The van der Waals surface area contributed by atoms with Gasteiger partial charge in [-0.25, -0.2) is 4.68 Å². The molecule has 1 aromatic heterocycles. The fourth-order valence-electron chi connectivity index (χ4n) is 2.54. The first-order valence-electron chi connectivity index (χ1n) is 9.58. The Morgan fingerprint density at radius 3 is 2.43 bits per heavy atom. The third-order valence-electron chi connectivity index (χ3n) is 4.48. The molecule has 0 aliphatic heterocycles. The van der Waals surface area contributed by atoms with Crippen LogP contribution in [-0.2, 0) is 0 Å². The molecule has 28 heavy (non-hydrogen) atoms. The highest BCUT2D eigenvalue weighted by atomic mass is 35.5. The van der Waals surface area contributed by atoms with Gasteiger partial charge in [0, 0.05) is 19.6 Å². The van der Waals surface area contributed by atoms with Crippen molar-refractivity contribution < 1.29 is 9.53 Å². The molecule has 2 N–H and O–H groups in total. The van der Waals surface area contributed by atoms with Gasteiger partial charge in [0.15, 0.2) is 11.4 Å². The number of aromatic nitrogens is 2. The number of amides is 1. The summed E-state index contributed by atoms with van der Waals surface area (Å²) < 4.78 is 7.57. The number of hydrogen-bond acceptors (Lipinski definition) is 4. The predicted octanol–water partition coefficient (Wildman–Crippen LogP) is 3.77. The summed E-state index contributed by atoms with van der Waals surface area (Å²) >= 11 is 0. The molecule has 2 aromatic rings. The second-order valence-corrected chi connectivity index (χ2v) is 7.75. The van der Waals surface area contributed by atoms with Crippen molar-refractivity contribution in [1.82, 2.24) is 14.7 Å². The Morgan fingerprint density at radius 2 is 1.86 bits per heavy atom. The van der Waals surface area contributed by atoms with Crippen molar-refractivity contribution in [3.05, 3.63) is 42.2 Å². The van der Waals surface area contributed by atoms with E-state index in [4.69, 9.17) is 10.5 Å². The number of nitrogens with two attached hydrogens (primary N) is 1. The molecule has 0 fully saturated rings. The molecule has 1 unspecified atom stereocenters. The minimum Gasteiger partial charge on any atom is -0.489 e. The molecule has 0 saturated heterocycles. The van der Waals surface area contributed by atoms with Gasteiger partial charge < -0.3 is 15.4 Å². The number of carbonyl (C=O) groups is 1. The molecule has 6 nitrogen and oxygen atoms in total. The van der Waals surface area contributed by atoms with Crippen LogP contribution < -0.4 is 10.5 Å². The lowest BCUT2D eigenvalue weighted by molar-refractivity contribution is 0.0778. The third kappa shape index (κ3) is 6.53. The van der Waals surface area contributed by atoms with E-state index < -0.39 is 0 Å². The second-order valence-electron chi connectivity index (χ2n) is 7.75. The van der Waals surface area contributed by atoms with Crippen molar-refractivity contribution in [2.45, 2.75) is 40.2 Å². The second kappa shape index (κ2) is 11.1. The van der Waals surface area contributed by atoms with Crippen LogP contribution in [0.5, 0.6) is 5.75 Å². The van der Waals surface area contributed by atoms with Crippen LogP contribution in [0.25, 0.3) is 5.69 Å². The van der Waals surface area contributed by atoms with E-state index in [-0.39, 0.29) is 24.4 Å². The van der Waals surface area contributed by atoms with Crippen LogP contribution in [-0.4, -0.2) is 46.8 Å². The molecular weight excluding hydrogens is 376 g/mol. The average molecular weight is 409 g/mol. The molecule has 1 aromatic carbocycles. The maximum Gasteiger partial charge on any atom is 0.277 e. The lowest BCUT2D eigenvalue weighted by Gasteiger charge is -2.21. The van der Waals surface area contributed by atoms with Crippen molar-refractivity contribution in [1.29, 1.82) is 0 Å². The highest BCUT2D eigenvalue weighted by Gasteiger charge is 2.23. The molecule has 2 rings (SSSR count). The SMILES string of the molecule is CC(C)COc1cn(-c2ccccc2)nc1C(=O)N(C)CCC(N)C(C)C.Cl. The summed E-state index contributed by atoms with van der Waals surface area (Å²) in [4.78, 5) is 14.6. The van der Waals surface area contributed by atoms with Crippen LogP contribution in [0.3, 0.4) is 0 Å². The third-order valence-corrected chi connectivity index (χ3v) is 4.48. The van der Waals surface area contributed by atoms with E-state index in [1.807, 2.05) is 30.3 Å². The summed E-state index contributed by atoms with van der Waals surface area (Å²) in [6, 6.07) is 9.77. The van der Waals surface area contributed by atoms with Crippen molar-refractivity contribution in [3.8, 4) is 11.4 Å². The number of para-hydroxylation sites is 1. The van der Waals surface area contributed by atoms with Gasteiger partial charge in [0.2, 0.25) is 0 Å². The average Bonchev–Trinajstić information content (AvgIpc) is 3.08. The molecule has 0 radical (unpaired) electrons. The normalized spacial score (nSPS) is 12.0. The summed E-state index contributed by atoms with van der Waals surface area (Å²) in [5.74, 6) is 1.10. The van der Waals surface area contributed by atoms with Gasteiger partial charge in [-0.15, -0.1) is 12.4 Å². The fourth-order valence-corrected chi connectivity index (χ4v) is 2.54. The molecule has 7 heteroatoms. The molecule has 1 atom stereocenters. The van der Waals surface area contributed by atoms with Gasteiger partial charge in [-0.1, -0.05) is 45.9 Å². The van der Waals surface area contributed by atoms with E-state index in [2.05, 4.69) is 32.8 Å². The summed E-state index contributed by atoms with van der Waals surface area (Å²) in [5.41, 5.74) is 7.33. The number of hydrogen-bond donors (Lipinski definition) is 1. The zero-order chi connectivity index (χ0) is 20.0. The van der Waals surface area contributed by atoms with Gasteiger partial charge in [0.05, 0.1) is 18.5 Å². The smallest absolute Gasteiger partial charge is 0.277 e. The maximum atomic E-state index is 13.0. The standard InChI is InChI=1S/C21H32N4O2.ClH/c1-15(2)14-27-19-13-25(17-9-7-6-8-10-17)23-20(19)21(26)24(5)12-11-18(22)16(3)4;/h6-10,13,15-16,18H,11-12,14,22H2,1-5H3;1H. The van der Waals surface area contributed by atoms with Gasteiger partial charge in [-0.2, -0.15) is 5.10 Å². The van der Waals surface area contributed by atoms with Crippen LogP contribution in [0.15, 0.2) is 36.5 Å². The molecule has 156 valence electrons. The zero-order valence-corrected chi connectivity index (χ0v) is 18.3. The van der Waals surface area contributed by atoms with E-state index in [1.165, 1.54) is 0 Å². The van der Waals surface area contributed by atoms with Crippen molar-refractivity contribution in [3.63, 3.8) is 0 Å². The Morgan fingerprint density at radius 1 is 1.21 bits per heavy atom. The van der Waals surface area contributed by atoms with Crippen LogP contribution in [0.2, 0.25) is 0 Å². The van der Waals surface area contributed by atoms with Crippen molar-refractivity contribution in [2.75, 3.05) is 20.2 Å². The van der Waals surface area contributed by atoms with E-state index in [0.29, 0.717) is 36.4 Å². The molecule has 1 amide bonds. The van der Waals surface area contributed by atoms with E-state index >= 15 is 0 Å². The molecule has 0 aliphatic carbocycles. The summed E-state index contributed by atoms with van der Waals surface area (Å²) in [6.07, 6.45) is 2.53. The van der Waals surface area contributed by atoms with E-state index in [0.717, 1.165) is 12.1 Å². The summed E-state index contributed by atoms with van der Waals surface area (Å²) in [6.45, 7) is 9.44.